The molecule has 2 fully saturated rings. The SMILES string of the molecule is ClC(Cl)(Cl)[C@@H]1CC[C@H](Br)[C@@H]2CCCC[C@H]21. The highest BCUT2D eigenvalue weighted by atomic mass is 79.9. The first-order valence-corrected chi connectivity index (χ1v) is 7.76. The van der Waals surface area contributed by atoms with Gasteiger partial charge in [0.25, 0.3) is 0 Å². The Morgan fingerprint density at radius 3 is 2.07 bits per heavy atom. The summed E-state index contributed by atoms with van der Waals surface area (Å²) in [5.74, 6) is 1.61. The minimum Gasteiger partial charge on any atom is -0.0888 e. The van der Waals surface area contributed by atoms with Crippen LogP contribution in [0.25, 0.3) is 0 Å². The van der Waals surface area contributed by atoms with E-state index in [2.05, 4.69) is 15.9 Å². The molecule has 0 bridgehead atoms. The van der Waals surface area contributed by atoms with Gasteiger partial charge in [-0.2, -0.15) is 0 Å². The highest BCUT2D eigenvalue weighted by Crippen LogP contribution is 2.53. The lowest BCUT2D eigenvalue weighted by atomic mass is 9.66. The predicted octanol–water partition coefficient (Wildman–Crippen LogP) is 5.34. The van der Waals surface area contributed by atoms with Crippen molar-refractivity contribution >= 4 is 50.7 Å². The van der Waals surface area contributed by atoms with Crippen LogP contribution < -0.4 is 0 Å². The third-order valence-electron chi connectivity index (χ3n) is 4.03. The number of hydrogen-bond donors (Lipinski definition) is 0. The summed E-state index contributed by atoms with van der Waals surface area (Å²) in [6.45, 7) is 0. The van der Waals surface area contributed by atoms with E-state index < -0.39 is 3.79 Å². The average molecular weight is 335 g/mol. The van der Waals surface area contributed by atoms with E-state index in [1.165, 1.54) is 25.7 Å². The Hall–Kier alpha value is 1.35. The van der Waals surface area contributed by atoms with Crippen LogP contribution in [0.3, 0.4) is 0 Å². The average Bonchev–Trinajstić information content (AvgIpc) is 2.17. The lowest BCUT2D eigenvalue weighted by molar-refractivity contribution is 0.114. The molecule has 0 aromatic rings. The van der Waals surface area contributed by atoms with Crippen LogP contribution in [0.4, 0.5) is 0 Å². The molecular formula is C11H16BrCl3. The molecule has 0 spiro atoms. The Balaban J connectivity index is 2.14. The van der Waals surface area contributed by atoms with Crippen LogP contribution in [0.2, 0.25) is 0 Å². The molecule has 0 nitrogen and oxygen atoms in total. The molecule has 4 atom stereocenters. The lowest BCUT2D eigenvalue weighted by Crippen LogP contribution is -2.42. The molecule has 2 rings (SSSR count). The second-order valence-corrected chi connectivity index (χ2v) is 8.40. The van der Waals surface area contributed by atoms with Crippen molar-refractivity contribution in [3.05, 3.63) is 0 Å². The van der Waals surface area contributed by atoms with Crippen molar-refractivity contribution in [2.45, 2.75) is 47.1 Å². The van der Waals surface area contributed by atoms with Crippen LogP contribution in [0.5, 0.6) is 0 Å². The first kappa shape index (κ1) is 12.8. The maximum atomic E-state index is 6.10. The van der Waals surface area contributed by atoms with E-state index in [9.17, 15) is 0 Å². The first-order valence-electron chi connectivity index (χ1n) is 5.71. The fraction of sp³-hybridized carbons (Fsp3) is 1.00. The van der Waals surface area contributed by atoms with Gasteiger partial charge in [0.2, 0.25) is 0 Å². The molecule has 15 heavy (non-hydrogen) atoms. The molecule has 0 heterocycles. The largest absolute Gasteiger partial charge is 0.193 e. The zero-order valence-electron chi connectivity index (χ0n) is 8.56. The summed E-state index contributed by atoms with van der Waals surface area (Å²) in [7, 11) is 0. The third kappa shape index (κ3) is 2.78. The third-order valence-corrected chi connectivity index (χ3v) is 6.01. The van der Waals surface area contributed by atoms with E-state index in [1.807, 2.05) is 0 Å². The fourth-order valence-corrected chi connectivity index (χ4v) is 5.04. The van der Waals surface area contributed by atoms with E-state index >= 15 is 0 Å². The Labute approximate surface area is 115 Å². The maximum Gasteiger partial charge on any atom is 0.193 e. The van der Waals surface area contributed by atoms with Gasteiger partial charge in [-0.05, 0) is 37.5 Å². The van der Waals surface area contributed by atoms with E-state index in [-0.39, 0.29) is 5.92 Å². The number of fused-ring (bicyclic) bond motifs is 1. The van der Waals surface area contributed by atoms with Gasteiger partial charge >= 0.3 is 0 Å². The first-order chi connectivity index (χ1) is 7.00. The van der Waals surface area contributed by atoms with Gasteiger partial charge in [-0.3, -0.25) is 0 Å². The monoisotopic (exact) mass is 332 g/mol. The molecule has 0 N–H and O–H groups in total. The summed E-state index contributed by atoms with van der Waals surface area (Å²) in [5, 5.41) is 0. The number of halogens is 4. The van der Waals surface area contributed by atoms with Crippen molar-refractivity contribution in [1.29, 1.82) is 0 Å². The molecule has 0 unspecified atom stereocenters. The molecule has 0 radical (unpaired) electrons. The van der Waals surface area contributed by atoms with Crippen molar-refractivity contribution in [2.75, 3.05) is 0 Å². The van der Waals surface area contributed by atoms with Crippen molar-refractivity contribution in [1.82, 2.24) is 0 Å². The van der Waals surface area contributed by atoms with Crippen molar-refractivity contribution < 1.29 is 0 Å². The van der Waals surface area contributed by atoms with Crippen molar-refractivity contribution in [2.24, 2.45) is 17.8 Å². The van der Waals surface area contributed by atoms with E-state index in [4.69, 9.17) is 34.8 Å². The van der Waals surface area contributed by atoms with E-state index in [0.717, 1.165) is 18.8 Å². The molecule has 0 aromatic carbocycles. The number of hydrogen-bond acceptors (Lipinski definition) is 0. The minimum absolute atomic E-state index is 0.265. The van der Waals surface area contributed by atoms with Crippen LogP contribution in [0.15, 0.2) is 0 Å². The molecule has 88 valence electrons. The molecule has 0 aromatic heterocycles. The number of rotatable bonds is 0. The van der Waals surface area contributed by atoms with Gasteiger partial charge < -0.3 is 0 Å². The quantitative estimate of drug-likeness (QED) is 0.525. The Bertz CT molecular complexity index is 226. The van der Waals surface area contributed by atoms with Gasteiger partial charge in [0.1, 0.15) is 0 Å². The van der Waals surface area contributed by atoms with Crippen LogP contribution in [-0.2, 0) is 0 Å². The molecule has 0 saturated heterocycles. The molecule has 0 amide bonds. The van der Waals surface area contributed by atoms with Crippen molar-refractivity contribution in [3.8, 4) is 0 Å². The normalized spacial score (nSPS) is 42.4. The fourth-order valence-electron chi connectivity index (χ4n) is 3.31. The lowest BCUT2D eigenvalue weighted by Gasteiger charge is -2.46. The van der Waals surface area contributed by atoms with E-state index in [0.29, 0.717) is 10.7 Å². The summed E-state index contributed by atoms with van der Waals surface area (Å²) in [5.41, 5.74) is 0. The van der Waals surface area contributed by atoms with Gasteiger partial charge in [0.15, 0.2) is 3.79 Å². The highest BCUT2D eigenvalue weighted by Gasteiger charge is 2.47. The van der Waals surface area contributed by atoms with Crippen LogP contribution >= 0.6 is 50.7 Å². The van der Waals surface area contributed by atoms with Crippen LogP contribution in [-0.4, -0.2) is 8.62 Å². The topological polar surface area (TPSA) is 0 Å². The van der Waals surface area contributed by atoms with Crippen molar-refractivity contribution in [3.63, 3.8) is 0 Å². The zero-order chi connectivity index (χ0) is 11.1. The molecule has 4 heteroatoms. The van der Waals surface area contributed by atoms with E-state index in [1.54, 1.807) is 0 Å². The standard InChI is InChI=1S/C11H16BrCl3/c12-10-6-5-9(11(13,14)15)7-3-1-2-4-8(7)10/h7-10H,1-6H2/t7-,8-,9-,10+/m1/s1. The molecular weight excluding hydrogens is 318 g/mol. The Morgan fingerprint density at radius 2 is 1.47 bits per heavy atom. The number of alkyl halides is 4. The smallest absolute Gasteiger partial charge is 0.0888 e. The molecule has 2 aliphatic carbocycles. The molecule has 2 aliphatic rings. The molecule has 0 aliphatic heterocycles. The van der Waals surface area contributed by atoms with Gasteiger partial charge in [0.05, 0.1) is 0 Å². The van der Waals surface area contributed by atoms with Crippen LogP contribution in [0.1, 0.15) is 38.5 Å². The summed E-state index contributed by atoms with van der Waals surface area (Å²) in [4.78, 5) is 0.645. The Kier molecular flexibility index (Phi) is 4.20. The summed E-state index contributed by atoms with van der Waals surface area (Å²) in [6.07, 6.45) is 7.39. The molecule has 2 saturated carbocycles. The minimum atomic E-state index is -1.06. The predicted molar refractivity (Wildman–Crippen MR) is 71.2 cm³/mol. The zero-order valence-corrected chi connectivity index (χ0v) is 12.4. The highest BCUT2D eigenvalue weighted by molar-refractivity contribution is 9.09. The van der Waals surface area contributed by atoms with Gasteiger partial charge in [-0.1, -0.05) is 63.6 Å². The second-order valence-electron chi connectivity index (χ2n) is 4.85. The summed E-state index contributed by atoms with van der Waals surface area (Å²) >= 11 is 22.1. The summed E-state index contributed by atoms with van der Waals surface area (Å²) < 4.78 is -1.06. The maximum absolute atomic E-state index is 6.10. The van der Waals surface area contributed by atoms with Crippen LogP contribution in [0, 0.1) is 17.8 Å². The van der Waals surface area contributed by atoms with Gasteiger partial charge in [-0.25, -0.2) is 0 Å². The second kappa shape index (κ2) is 4.92. The summed E-state index contributed by atoms with van der Waals surface area (Å²) in [6, 6.07) is 0. The van der Waals surface area contributed by atoms with Gasteiger partial charge in [0, 0.05) is 10.7 Å². The van der Waals surface area contributed by atoms with Gasteiger partial charge in [-0.15, -0.1) is 0 Å². The Morgan fingerprint density at radius 1 is 0.867 bits per heavy atom.